The maximum Gasteiger partial charge on any atom is 0.152 e. The second kappa shape index (κ2) is 9.30. The number of aromatic nitrogens is 3. The lowest BCUT2D eigenvalue weighted by atomic mass is 10.1. The van der Waals surface area contributed by atoms with Crippen LogP contribution in [0.5, 0.6) is 0 Å². The SMILES string of the molecule is CCCNc1c[nH]cc1Nc1nc(CC)c(-c2ccc(Cl)cc2Cl)nc1CC. The molecule has 0 aliphatic heterocycles. The highest BCUT2D eigenvalue weighted by molar-refractivity contribution is 6.36. The average molecular weight is 418 g/mol. The topological polar surface area (TPSA) is 65.6 Å². The minimum absolute atomic E-state index is 0.580. The summed E-state index contributed by atoms with van der Waals surface area (Å²) in [6.45, 7) is 7.19. The number of benzene rings is 1. The molecule has 0 saturated carbocycles. The summed E-state index contributed by atoms with van der Waals surface area (Å²) in [5.41, 5.74) is 5.42. The Morgan fingerprint density at radius 1 is 0.964 bits per heavy atom. The van der Waals surface area contributed by atoms with Gasteiger partial charge in [-0.2, -0.15) is 0 Å². The Balaban J connectivity index is 2.01. The van der Waals surface area contributed by atoms with Crippen LogP contribution >= 0.6 is 23.2 Å². The molecular formula is C21H25Cl2N5. The Morgan fingerprint density at radius 2 is 1.71 bits per heavy atom. The molecule has 28 heavy (non-hydrogen) atoms. The van der Waals surface area contributed by atoms with Crippen LogP contribution < -0.4 is 10.6 Å². The number of nitrogens with zero attached hydrogens (tertiary/aromatic N) is 2. The molecule has 2 heterocycles. The van der Waals surface area contributed by atoms with Crippen LogP contribution in [0.25, 0.3) is 11.3 Å². The number of hydrogen-bond acceptors (Lipinski definition) is 4. The molecule has 0 aliphatic carbocycles. The van der Waals surface area contributed by atoms with E-state index in [9.17, 15) is 0 Å². The summed E-state index contributed by atoms with van der Waals surface area (Å²) >= 11 is 12.5. The smallest absolute Gasteiger partial charge is 0.152 e. The molecule has 7 heteroatoms. The minimum Gasteiger partial charge on any atom is -0.382 e. The maximum absolute atomic E-state index is 6.43. The molecule has 5 nitrogen and oxygen atoms in total. The molecule has 3 rings (SSSR count). The van der Waals surface area contributed by atoms with Crippen LogP contribution in [0.15, 0.2) is 30.6 Å². The van der Waals surface area contributed by atoms with E-state index in [-0.39, 0.29) is 0 Å². The Bertz CT molecular complexity index is 952. The monoisotopic (exact) mass is 417 g/mol. The average Bonchev–Trinajstić information content (AvgIpc) is 3.13. The highest BCUT2D eigenvalue weighted by atomic mass is 35.5. The molecule has 0 saturated heterocycles. The van der Waals surface area contributed by atoms with Crippen molar-refractivity contribution in [2.24, 2.45) is 0 Å². The molecule has 0 amide bonds. The third-order valence-electron chi connectivity index (χ3n) is 4.46. The van der Waals surface area contributed by atoms with Gasteiger partial charge in [-0.15, -0.1) is 0 Å². The van der Waals surface area contributed by atoms with Gasteiger partial charge in [-0.25, -0.2) is 9.97 Å². The van der Waals surface area contributed by atoms with Crippen LogP contribution in [0, 0.1) is 0 Å². The van der Waals surface area contributed by atoms with Crippen LogP contribution in [0.3, 0.4) is 0 Å². The Kier molecular flexibility index (Phi) is 6.81. The second-order valence-corrected chi connectivity index (χ2v) is 7.32. The number of rotatable bonds is 8. The lowest BCUT2D eigenvalue weighted by Crippen LogP contribution is -2.08. The molecule has 0 spiro atoms. The van der Waals surface area contributed by atoms with Gasteiger partial charge in [-0.05, 0) is 37.5 Å². The number of aromatic amines is 1. The molecule has 1 aromatic carbocycles. The quantitative estimate of drug-likeness (QED) is 0.392. The third kappa shape index (κ3) is 4.42. The molecule has 0 radical (unpaired) electrons. The molecule has 148 valence electrons. The number of H-pyrrole nitrogens is 1. The number of aryl methyl sites for hydroxylation is 2. The Labute approximate surface area is 175 Å². The van der Waals surface area contributed by atoms with E-state index in [1.165, 1.54) is 0 Å². The van der Waals surface area contributed by atoms with E-state index in [0.29, 0.717) is 10.0 Å². The standard InChI is InChI=1S/C21H25Cl2N5/c1-4-9-25-18-11-24-12-19(18)28-21-17(6-3)26-20(16(5-2)27-21)14-8-7-13(22)10-15(14)23/h7-8,10-12,24-25H,4-6,9H2,1-3H3,(H,27,28). The van der Waals surface area contributed by atoms with Gasteiger partial charge in [0.15, 0.2) is 5.82 Å². The van der Waals surface area contributed by atoms with Gasteiger partial charge in [0.1, 0.15) is 0 Å². The summed E-state index contributed by atoms with van der Waals surface area (Å²) in [6.07, 6.45) is 6.42. The van der Waals surface area contributed by atoms with Crippen molar-refractivity contribution in [3.05, 3.63) is 52.0 Å². The molecule has 0 aliphatic rings. The first-order chi connectivity index (χ1) is 13.6. The Morgan fingerprint density at radius 3 is 2.39 bits per heavy atom. The van der Waals surface area contributed by atoms with Gasteiger partial charge in [0, 0.05) is 29.5 Å². The van der Waals surface area contributed by atoms with E-state index in [0.717, 1.165) is 65.6 Å². The zero-order chi connectivity index (χ0) is 20.1. The molecule has 3 N–H and O–H groups in total. The van der Waals surface area contributed by atoms with E-state index < -0.39 is 0 Å². The van der Waals surface area contributed by atoms with Crippen molar-refractivity contribution in [1.29, 1.82) is 0 Å². The lowest BCUT2D eigenvalue weighted by molar-refractivity contribution is 0.948. The minimum atomic E-state index is 0.580. The molecule has 0 bridgehead atoms. The predicted molar refractivity (Wildman–Crippen MR) is 119 cm³/mol. The number of nitrogens with one attached hydrogen (secondary N) is 3. The first-order valence-corrected chi connectivity index (χ1v) is 10.4. The van der Waals surface area contributed by atoms with Crippen molar-refractivity contribution in [2.75, 3.05) is 17.2 Å². The summed E-state index contributed by atoms with van der Waals surface area (Å²) in [4.78, 5) is 12.9. The normalized spacial score (nSPS) is 10.9. The van der Waals surface area contributed by atoms with Gasteiger partial charge in [-0.3, -0.25) is 0 Å². The van der Waals surface area contributed by atoms with Crippen LogP contribution in [-0.2, 0) is 12.8 Å². The summed E-state index contributed by atoms with van der Waals surface area (Å²) < 4.78 is 0. The first-order valence-electron chi connectivity index (χ1n) is 9.60. The number of anilines is 3. The number of hydrogen-bond donors (Lipinski definition) is 3. The molecule has 0 atom stereocenters. The molecule has 2 aromatic heterocycles. The van der Waals surface area contributed by atoms with Crippen molar-refractivity contribution in [3.8, 4) is 11.3 Å². The van der Waals surface area contributed by atoms with Gasteiger partial charge in [0.2, 0.25) is 0 Å². The molecule has 3 aromatic rings. The fraction of sp³-hybridized carbons (Fsp3) is 0.333. The van der Waals surface area contributed by atoms with Gasteiger partial charge < -0.3 is 15.6 Å². The van der Waals surface area contributed by atoms with Gasteiger partial charge >= 0.3 is 0 Å². The molecule has 0 unspecified atom stereocenters. The van der Waals surface area contributed by atoms with E-state index in [2.05, 4.69) is 36.4 Å². The van der Waals surface area contributed by atoms with E-state index in [4.69, 9.17) is 33.2 Å². The second-order valence-electron chi connectivity index (χ2n) is 6.48. The van der Waals surface area contributed by atoms with Crippen molar-refractivity contribution in [2.45, 2.75) is 40.0 Å². The van der Waals surface area contributed by atoms with Crippen molar-refractivity contribution < 1.29 is 0 Å². The van der Waals surface area contributed by atoms with Crippen LogP contribution in [0.2, 0.25) is 10.0 Å². The summed E-state index contributed by atoms with van der Waals surface area (Å²) in [6, 6.07) is 5.47. The van der Waals surface area contributed by atoms with E-state index >= 15 is 0 Å². The van der Waals surface area contributed by atoms with Gasteiger partial charge in [-0.1, -0.05) is 44.0 Å². The van der Waals surface area contributed by atoms with Crippen molar-refractivity contribution in [3.63, 3.8) is 0 Å². The maximum atomic E-state index is 6.43. The highest BCUT2D eigenvalue weighted by Crippen LogP contribution is 2.33. The van der Waals surface area contributed by atoms with Crippen LogP contribution in [-0.4, -0.2) is 21.5 Å². The molecular weight excluding hydrogens is 393 g/mol. The van der Waals surface area contributed by atoms with Crippen molar-refractivity contribution >= 4 is 40.4 Å². The fourth-order valence-electron chi connectivity index (χ4n) is 3.00. The lowest BCUT2D eigenvalue weighted by Gasteiger charge is -2.16. The van der Waals surface area contributed by atoms with E-state index in [1.54, 1.807) is 6.07 Å². The third-order valence-corrected chi connectivity index (χ3v) is 5.01. The van der Waals surface area contributed by atoms with Gasteiger partial charge in [0.25, 0.3) is 0 Å². The fourth-order valence-corrected chi connectivity index (χ4v) is 3.49. The van der Waals surface area contributed by atoms with Crippen LogP contribution in [0.1, 0.15) is 38.6 Å². The molecule has 0 fully saturated rings. The van der Waals surface area contributed by atoms with Crippen LogP contribution in [0.4, 0.5) is 17.2 Å². The highest BCUT2D eigenvalue weighted by Gasteiger charge is 2.17. The summed E-state index contributed by atoms with van der Waals surface area (Å²) in [5.74, 6) is 0.771. The first kappa shape index (κ1) is 20.5. The largest absolute Gasteiger partial charge is 0.382 e. The summed E-state index contributed by atoms with van der Waals surface area (Å²) in [5, 5.41) is 8.03. The zero-order valence-corrected chi connectivity index (χ0v) is 17.9. The van der Waals surface area contributed by atoms with E-state index in [1.807, 2.05) is 24.5 Å². The summed E-state index contributed by atoms with van der Waals surface area (Å²) in [7, 11) is 0. The Hall–Kier alpha value is -2.24. The zero-order valence-electron chi connectivity index (χ0n) is 16.4. The van der Waals surface area contributed by atoms with Gasteiger partial charge in [0.05, 0.1) is 33.5 Å². The predicted octanol–water partition coefficient (Wildman–Crippen LogP) is 6.47. The number of halogens is 2. The van der Waals surface area contributed by atoms with Crippen molar-refractivity contribution in [1.82, 2.24) is 15.0 Å².